The highest BCUT2D eigenvalue weighted by Gasteiger charge is 2.18. The number of nitrogens with one attached hydrogen (secondary N) is 1. The number of carbonyl (C=O) groups excluding carboxylic acids is 2. The van der Waals surface area contributed by atoms with Crippen molar-refractivity contribution in [1.29, 1.82) is 0 Å². The number of amides is 2. The highest BCUT2D eigenvalue weighted by Crippen LogP contribution is 2.17. The molecule has 7 heteroatoms. The van der Waals surface area contributed by atoms with Gasteiger partial charge in [-0.2, -0.15) is 9.90 Å². The third-order valence-corrected chi connectivity index (χ3v) is 4.34. The van der Waals surface area contributed by atoms with Gasteiger partial charge in [0.05, 0.1) is 11.4 Å². The number of benzene rings is 2. The maximum absolute atomic E-state index is 12.7. The Morgan fingerprint density at radius 2 is 1.75 bits per heavy atom. The summed E-state index contributed by atoms with van der Waals surface area (Å²) in [5.41, 5.74) is 4.79. The van der Waals surface area contributed by atoms with Crippen molar-refractivity contribution < 1.29 is 9.59 Å². The molecule has 28 heavy (non-hydrogen) atoms. The number of aryl methyl sites for hydroxylation is 3. The van der Waals surface area contributed by atoms with Gasteiger partial charge in [0.25, 0.3) is 11.8 Å². The highest BCUT2D eigenvalue weighted by molar-refractivity contribution is 6.04. The van der Waals surface area contributed by atoms with Gasteiger partial charge in [-0.15, -0.1) is 5.10 Å². The van der Waals surface area contributed by atoms with Gasteiger partial charge in [0.15, 0.2) is 5.69 Å². The van der Waals surface area contributed by atoms with Gasteiger partial charge in [0.2, 0.25) is 0 Å². The molecular formula is C21H23N5O2. The van der Waals surface area contributed by atoms with Gasteiger partial charge >= 0.3 is 0 Å². The molecular weight excluding hydrogens is 354 g/mol. The van der Waals surface area contributed by atoms with E-state index in [-0.39, 0.29) is 17.5 Å². The van der Waals surface area contributed by atoms with Gasteiger partial charge in [-0.1, -0.05) is 23.8 Å². The molecule has 0 spiro atoms. The first-order chi connectivity index (χ1) is 13.3. The molecule has 0 aliphatic rings. The maximum Gasteiger partial charge on any atom is 0.278 e. The van der Waals surface area contributed by atoms with E-state index in [0.29, 0.717) is 16.9 Å². The lowest BCUT2D eigenvalue weighted by molar-refractivity contribution is 0.0827. The fourth-order valence-corrected chi connectivity index (χ4v) is 2.90. The molecule has 0 bridgehead atoms. The monoisotopic (exact) mass is 377 g/mol. The van der Waals surface area contributed by atoms with E-state index in [1.165, 1.54) is 9.70 Å². The number of anilines is 1. The number of hydrogen-bond acceptors (Lipinski definition) is 4. The van der Waals surface area contributed by atoms with Crippen molar-refractivity contribution in [3.05, 3.63) is 70.5 Å². The van der Waals surface area contributed by atoms with Crippen LogP contribution in [-0.4, -0.2) is 45.8 Å². The van der Waals surface area contributed by atoms with E-state index >= 15 is 0 Å². The van der Waals surface area contributed by atoms with E-state index in [4.69, 9.17) is 0 Å². The molecule has 3 aromatic rings. The molecule has 0 saturated carbocycles. The third-order valence-electron chi connectivity index (χ3n) is 4.34. The van der Waals surface area contributed by atoms with Crippen molar-refractivity contribution in [2.24, 2.45) is 0 Å². The fraction of sp³-hybridized carbons (Fsp3) is 0.238. The first-order valence-electron chi connectivity index (χ1n) is 8.91. The van der Waals surface area contributed by atoms with Crippen LogP contribution in [0.4, 0.5) is 5.69 Å². The van der Waals surface area contributed by atoms with Crippen LogP contribution in [0.2, 0.25) is 0 Å². The first-order valence-corrected chi connectivity index (χ1v) is 8.91. The molecule has 1 aromatic heterocycles. The highest BCUT2D eigenvalue weighted by atomic mass is 16.2. The second-order valence-corrected chi connectivity index (χ2v) is 6.95. The Bertz CT molecular complexity index is 1050. The van der Waals surface area contributed by atoms with Gasteiger partial charge in [0, 0.05) is 25.3 Å². The summed E-state index contributed by atoms with van der Waals surface area (Å²) in [6.07, 6.45) is 0. The van der Waals surface area contributed by atoms with E-state index in [1.807, 2.05) is 32.0 Å². The lowest BCUT2D eigenvalue weighted by atomic mass is 10.1. The Kier molecular flexibility index (Phi) is 5.26. The molecule has 7 nitrogen and oxygen atoms in total. The Morgan fingerprint density at radius 3 is 2.43 bits per heavy atom. The average molecular weight is 377 g/mol. The number of aromatic nitrogens is 3. The SMILES string of the molecule is Cc1ccc(-n2nc(C)c(C(=O)Nc3cccc(C(=O)N(C)C)c3)n2)c(C)c1. The Hall–Kier alpha value is -3.48. The standard InChI is InChI=1S/C21H23N5O2/c1-13-9-10-18(14(2)11-13)26-23-15(3)19(24-26)20(27)22-17-8-6-7-16(12-17)21(28)25(4)5/h6-12H,1-5H3,(H,22,27). The lowest BCUT2D eigenvalue weighted by Crippen LogP contribution is -2.22. The van der Waals surface area contributed by atoms with Crippen LogP contribution in [0.15, 0.2) is 42.5 Å². The smallest absolute Gasteiger partial charge is 0.278 e. The lowest BCUT2D eigenvalue weighted by Gasteiger charge is -2.11. The van der Waals surface area contributed by atoms with Crippen molar-refractivity contribution in [1.82, 2.24) is 19.9 Å². The molecule has 0 radical (unpaired) electrons. The number of rotatable bonds is 4. The molecule has 2 amide bonds. The van der Waals surface area contributed by atoms with Crippen molar-refractivity contribution in [3.8, 4) is 5.69 Å². The molecule has 3 rings (SSSR count). The zero-order valence-corrected chi connectivity index (χ0v) is 16.6. The van der Waals surface area contributed by atoms with Crippen LogP contribution in [-0.2, 0) is 0 Å². The minimum absolute atomic E-state index is 0.131. The molecule has 0 unspecified atom stereocenters. The van der Waals surface area contributed by atoms with Gasteiger partial charge in [-0.25, -0.2) is 0 Å². The first kappa shape index (κ1) is 19.3. The summed E-state index contributed by atoms with van der Waals surface area (Å²) in [6.45, 7) is 5.74. The third kappa shape index (κ3) is 3.93. The van der Waals surface area contributed by atoms with Crippen LogP contribution in [0, 0.1) is 20.8 Å². The molecule has 0 saturated heterocycles. The summed E-state index contributed by atoms with van der Waals surface area (Å²) in [7, 11) is 3.37. The van der Waals surface area contributed by atoms with Crippen LogP contribution in [0.3, 0.4) is 0 Å². The molecule has 2 aromatic carbocycles. The zero-order valence-electron chi connectivity index (χ0n) is 16.6. The van der Waals surface area contributed by atoms with Crippen LogP contribution >= 0.6 is 0 Å². The van der Waals surface area contributed by atoms with E-state index in [0.717, 1.165) is 16.8 Å². The topological polar surface area (TPSA) is 80.1 Å². The van der Waals surface area contributed by atoms with Crippen molar-refractivity contribution in [2.75, 3.05) is 19.4 Å². The van der Waals surface area contributed by atoms with Gasteiger partial charge in [0.1, 0.15) is 0 Å². The average Bonchev–Trinajstić information content (AvgIpc) is 3.02. The number of hydrogen-bond donors (Lipinski definition) is 1. The van der Waals surface area contributed by atoms with E-state index < -0.39 is 0 Å². The summed E-state index contributed by atoms with van der Waals surface area (Å²) in [5, 5.41) is 11.6. The van der Waals surface area contributed by atoms with Crippen LogP contribution in [0.5, 0.6) is 0 Å². The zero-order chi connectivity index (χ0) is 20.4. The van der Waals surface area contributed by atoms with E-state index in [9.17, 15) is 9.59 Å². The van der Waals surface area contributed by atoms with Crippen molar-refractivity contribution in [3.63, 3.8) is 0 Å². The van der Waals surface area contributed by atoms with Crippen LogP contribution in [0.1, 0.15) is 37.7 Å². The van der Waals surface area contributed by atoms with Gasteiger partial charge in [-0.3, -0.25) is 9.59 Å². The van der Waals surface area contributed by atoms with Crippen LogP contribution in [0.25, 0.3) is 5.69 Å². The van der Waals surface area contributed by atoms with Crippen molar-refractivity contribution in [2.45, 2.75) is 20.8 Å². The maximum atomic E-state index is 12.7. The summed E-state index contributed by atoms with van der Waals surface area (Å²) >= 11 is 0. The minimum Gasteiger partial charge on any atom is -0.345 e. The Morgan fingerprint density at radius 1 is 1.00 bits per heavy atom. The molecule has 0 aliphatic heterocycles. The number of nitrogens with zero attached hydrogens (tertiary/aromatic N) is 4. The van der Waals surface area contributed by atoms with Crippen molar-refractivity contribution >= 4 is 17.5 Å². The van der Waals surface area contributed by atoms with E-state index in [1.54, 1.807) is 45.3 Å². The minimum atomic E-state index is -0.372. The Balaban J connectivity index is 1.85. The predicted octanol–water partition coefficient (Wildman–Crippen LogP) is 3.15. The summed E-state index contributed by atoms with van der Waals surface area (Å²) < 4.78 is 0. The summed E-state index contributed by atoms with van der Waals surface area (Å²) in [5.74, 6) is -0.504. The molecule has 144 valence electrons. The molecule has 1 N–H and O–H groups in total. The van der Waals surface area contributed by atoms with Crippen LogP contribution < -0.4 is 5.32 Å². The quantitative estimate of drug-likeness (QED) is 0.757. The number of carbonyl (C=O) groups is 2. The van der Waals surface area contributed by atoms with Gasteiger partial charge < -0.3 is 10.2 Å². The fourth-order valence-electron chi connectivity index (χ4n) is 2.90. The summed E-state index contributed by atoms with van der Waals surface area (Å²) in [4.78, 5) is 27.8. The van der Waals surface area contributed by atoms with Gasteiger partial charge in [-0.05, 0) is 50.6 Å². The second-order valence-electron chi connectivity index (χ2n) is 6.95. The molecule has 0 atom stereocenters. The molecule has 1 heterocycles. The predicted molar refractivity (Wildman–Crippen MR) is 108 cm³/mol. The van der Waals surface area contributed by atoms with E-state index in [2.05, 4.69) is 15.5 Å². The normalized spacial score (nSPS) is 10.6. The Labute approximate surface area is 164 Å². The molecule has 0 aliphatic carbocycles. The second kappa shape index (κ2) is 7.64. The molecule has 0 fully saturated rings. The largest absolute Gasteiger partial charge is 0.345 e. The summed E-state index contributed by atoms with van der Waals surface area (Å²) in [6, 6.07) is 12.8.